The lowest BCUT2D eigenvalue weighted by Gasteiger charge is -2.17. The molecule has 1 aromatic carbocycles. The van der Waals surface area contributed by atoms with Crippen molar-refractivity contribution in [3.8, 4) is 0 Å². The van der Waals surface area contributed by atoms with Gasteiger partial charge in [0.25, 0.3) is 0 Å². The minimum Gasteiger partial charge on any atom is -0.353 e. The van der Waals surface area contributed by atoms with Gasteiger partial charge in [-0.25, -0.2) is 0 Å². The second kappa shape index (κ2) is 6.40. The largest absolute Gasteiger partial charge is 0.353 e. The molecule has 1 aromatic rings. The summed E-state index contributed by atoms with van der Waals surface area (Å²) < 4.78 is 0. The predicted octanol–water partition coefficient (Wildman–Crippen LogP) is 2.51. The number of hydrogen-bond acceptors (Lipinski definition) is 2. The van der Waals surface area contributed by atoms with Crippen LogP contribution in [0.15, 0.2) is 24.3 Å². The minimum absolute atomic E-state index is 0.0943. The summed E-state index contributed by atoms with van der Waals surface area (Å²) >= 11 is 5.95. The Hall–Kier alpha value is -1.06. The zero-order valence-corrected chi connectivity index (χ0v) is 12.0. The fourth-order valence-electron chi connectivity index (χ4n) is 2.68. The Morgan fingerprint density at radius 1 is 1.53 bits per heavy atom. The molecule has 1 saturated carbocycles. The van der Waals surface area contributed by atoms with Crippen LogP contribution in [0.3, 0.4) is 0 Å². The molecule has 3 nitrogen and oxygen atoms in total. The molecule has 0 heterocycles. The lowest BCUT2D eigenvalue weighted by atomic mass is 10.0. The van der Waals surface area contributed by atoms with Gasteiger partial charge in [0.15, 0.2) is 0 Å². The van der Waals surface area contributed by atoms with Crippen LogP contribution in [0.1, 0.15) is 31.7 Å². The summed E-state index contributed by atoms with van der Waals surface area (Å²) in [6.45, 7) is 2.02. The fourth-order valence-corrected chi connectivity index (χ4v) is 2.90. The van der Waals surface area contributed by atoms with Crippen LogP contribution in [0, 0.1) is 5.92 Å². The van der Waals surface area contributed by atoms with E-state index in [0.29, 0.717) is 0 Å². The summed E-state index contributed by atoms with van der Waals surface area (Å²) in [6, 6.07) is 8.06. The SMILES string of the molecule is CC(Cc1cccc(Cl)c1)NC(=O)C1CCC(N)C1. The van der Waals surface area contributed by atoms with Crippen LogP contribution in [-0.2, 0) is 11.2 Å². The molecule has 0 spiro atoms. The van der Waals surface area contributed by atoms with Gasteiger partial charge in [-0.15, -0.1) is 0 Å². The van der Waals surface area contributed by atoms with Crippen LogP contribution in [-0.4, -0.2) is 18.0 Å². The molecule has 104 valence electrons. The Kier molecular flexibility index (Phi) is 4.83. The normalized spacial score (nSPS) is 24.2. The van der Waals surface area contributed by atoms with Gasteiger partial charge in [-0.3, -0.25) is 4.79 Å². The third-order valence-corrected chi connectivity index (χ3v) is 3.90. The number of nitrogens with one attached hydrogen (secondary N) is 1. The lowest BCUT2D eigenvalue weighted by Crippen LogP contribution is -2.38. The van der Waals surface area contributed by atoms with E-state index in [2.05, 4.69) is 5.32 Å². The van der Waals surface area contributed by atoms with Crippen LogP contribution in [0.2, 0.25) is 5.02 Å². The second-order valence-corrected chi connectivity index (χ2v) is 5.95. The smallest absolute Gasteiger partial charge is 0.223 e. The average Bonchev–Trinajstić information content (AvgIpc) is 2.75. The Morgan fingerprint density at radius 3 is 2.95 bits per heavy atom. The molecule has 0 aromatic heterocycles. The summed E-state index contributed by atoms with van der Waals surface area (Å²) in [4.78, 5) is 12.1. The van der Waals surface area contributed by atoms with Gasteiger partial charge < -0.3 is 11.1 Å². The summed E-state index contributed by atoms with van der Waals surface area (Å²) in [7, 11) is 0. The van der Waals surface area contributed by atoms with Crippen molar-refractivity contribution >= 4 is 17.5 Å². The van der Waals surface area contributed by atoms with Gasteiger partial charge in [0.05, 0.1) is 0 Å². The molecule has 3 atom stereocenters. The van der Waals surface area contributed by atoms with Crippen molar-refractivity contribution in [1.82, 2.24) is 5.32 Å². The molecular weight excluding hydrogens is 260 g/mol. The Bertz CT molecular complexity index is 450. The average molecular weight is 281 g/mol. The molecule has 1 amide bonds. The van der Waals surface area contributed by atoms with Crippen molar-refractivity contribution in [3.63, 3.8) is 0 Å². The van der Waals surface area contributed by atoms with Gasteiger partial charge in [-0.2, -0.15) is 0 Å². The molecule has 3 N–H and O–H groups in total. The maximum Gasteiger partial charge on any atom is 0.223 e. The highest BCUT2D eigenvalue weighted by Crippen LogP contribution is 2.24. The number of halogens is 1. The molecule has 4 heteroatoms. The monoisotopic (exact) mass is 280 g/mol. The van der Waals surface area contributed by atoms with E-state index in [1.165, 1.54) is 0 Å². The fraction of sp³-hybridized carbons (Fsp3) is 0.533. The van der Waals surface area contributed by atoms with Crippen LogP contribution < -0.4 is 11.1 Å². The molecule has 19 heavy (non-hydrogen) atoms. The Labute approximate surface area is 119 Å². The minimum atomic E-state index is 0.0943. The Balaban J connectivity index is 1.84. The molecule has 1 aliphatic rings. The second-order valence-electron chi connectivity index (χ2n) is 5.51. The van der Waals surface area contributed by atoms with E-state index < -0.39 is 0 Å². The standard InChI is InChI=1S/C15H21ClN2O/c1-10(7-11-3-2-4-13(16)8-11)18-15(19)12-5-6-14(17)9-12/h2-4,8,10,12,14H,5-7,9,17H2,1H3,(H,18,19). The van der Waals surface area contributed by atoms with Gasteiger partial charge >= 0.3 is 0 Å². The molecule has 2 rings (SSSR count). The quantitative estimate of drug-likeness (QED) is 0.890. The summed E-state index contributed by atoms with van der Waals surface area (Å²) in [5, 5.41) is 3.81. The van der Waals surface area contributed by atoms with Crippen molar-refractivity contribution in [2.24, 2.45) is 11.7 Å². The lowest BCUT2D eigenvalue weighted by molar-refractivity contribution is -0.125. The number of nitrogens with two attached hydrogens (primary N) is 1. The van der Waals surface area contributed by atoms with Crippen LogP contribution in [0.5, 0.6) is 0 Å². The zero-order valence-electron chi connectivity index (χ0n) is 11.2. The first-order valence-electron chi connectivity index (χ1n) is 6.85. The number of benzene rings is 1. The summed E-state index contributed by atoms with van der Waals surface area (Å²) in [6.07, 6.45) is 3.48. The highest BCUT2D eigenvalue weighted by Gasteiger charge is 2.28. The first kappa shape index (κ1) is 14.4. The van der Waals surface area contributed by atoms with E-state index in [0.717, 1.165) is 36.3 Å². The van der Waals surface area contributed by atoms with Gasteiger partial charge in [0.2, 0.25) is 5.91 Å². The summed E-state index contributed by atoms with van der Waals surface area (Å²) in [5.41, 5.74) is 6.98. The number of rotatable bonds is 4. The van der Waals surface area contributed by atoms with Crippen molar-refractivity contribution < 1.29 is 4.79 Å². The number of carbonyl (C=O) groups excluding carboxylic acids is 1. The Morgan fingerprint density at radius 2 is 2.32 bits per heavy atom. The van der Waals surface area contributed by atoms with Crippen LogP contribution in [0.4, 0.5) is 0 Å². The predicted molar refractivity (Wildman–Crippen MR) is 78.1 cm³/mol. The molecule has 0 bridgehead atoms. The van der Waals surface area contributed by atoms with E-state index >= 15 is 0 Å². The third-order valence-electron chi connectivity index (χ3n) is 3.66. The molecular formula is C15H21ClN2O. The molecule has 0 saturated heterocycles. The molecule has 0 aliphatic heterocycles. The highest BCUT2D eigenvalue weighted by molar-refractivity contribution is 6.30. The topological polar surface area (TPSA) is 55.1 Å². The van der Waals surface area contributed by atoms with Crippen LogP contribution in [0.25, 0.3) is 0 Å². The van der Waals surface area contributed by atoms with E-state index in [4.69, 9.17) is 17.3 Å². The van der Waals surface area contributed by atoms with Crippen molar-refractivity contribution in [2.45, 2.75) is 44.7 Å². The summed E-state index contributed by atoms with van der Waals surface area (Å²) in [5.74, 6) is 0.235. The van der Waals surface area contributed by atoms with Crippen LogP contribution >= 0.6 is 11.6 Å². The van der Waals surface area contributed by atoms with E-state index in [-0.39, 0.29) is 23.9 Å². The maximum absolute atomic E-state index is 12.1. The van der Waals surface area contributed by atoms with Gasteiger partial charge in [0, 0.05) is 23.0 Å². The number of amides is 1. The first-order valence-corrected chi connectivity index (χ1v) is 7.23. The van der Waals surface area contributed by atoms with Gasteiger partial charge in [-0.1, -0.05) is 23.7 Å². The first-order chi connectivity index (χ1) is 9.04. The highest BCUT2D eigenvalue weighted by atomic mass is 35.5. The van der Waals surface area contributed by atoms with Crippen molar-refractivity contribution in [1.29, 1.82) is 0 Å². The van der Waals surface area contributed by atoms with Crippen molar-refractivity contribution in [2.75, 3.05) is 0 Å². The van der Waals surface area contributed by atoms with E-state index in [9.17, 15) is 4.79 Å². The maximum atomic E-state index is 12.1. The van der Waals surface area contributed by atoms with E-state index in [1.807, 2.05) is 31.2 Å². The molecule has 1 fully saturated rings. The molecule has 0 radical (unpaired) electrons. The zero-order chi connectivity index (χ0) is 13.8. The number of hydrogen-bond donors (Lipinski definition) is 2. The third kappa shape index (κ3) is 4.22. The van der Waals surface area contributed by atoms with Gasteiger partial charge in [0.1, 0.15) is 0 Å². The number of carbonyl (C=O) groups is 1. The van der Waals surface area contributed by atoms with Crippen molar-refractivity contribution in [3.05, 3.63) is 34.9 Å². The molecule has 3 unspecified atom stereocenters. The van der Waals surface area contributed by atoms with Gasteiger partial charge in [-0.05, 0) is 50.3 Å². The van der Waals surface area contributed by atoms with E-state index in [1.54, 1.807) is 0 Å². The molecule has 1 aliphatic carbocycles.